The molecule has 0 heterocycles. The Morgan fingerprint density at radius 2 is 1.71 bits per heavy atom. The van der Waals surface area contributed by atoms with Crippen molar-refractivity contribution in [3.63, 3.8) is 0 Å². The first-order valence-electron chi connectivity index (χ1n) is 8.10. The number of rotatable bonds is 6. The van der Waals surface area contributed by atoms with Crippen LogP contribution in [0.4, 0.5) is 0 Å². The number of methoxy groups -OCH3 is 1. The van der Waals surface area contributed by atoms with Crippen LogP contribution in [-0.2, 0) is 21.0 Å². The van der Waals surface area contributed by atoms with E-state index >= 15 is 0 Å². The first-order chi connectivity index (χ1) is 11.4. The fourth-order valence-corrected chi connectivity index (χ4v) is 5.83. The Morgan fingerprint density at radius 1 is 1.08 bits per heavy atom. The lowest BCUT2D eigenvalue weighted by Crippen LogP contribution is -2.35. The molecule has 0 saturated heterocycles. The van der Waals surface area contributed by atoms with E-state index in [4.69, 9.17) is 10.5 Å². The maximum atomic E-state index is 13.1. The lowest BCUT2D eigenvalue weighted by molar-refractivity contribution is 0.171. The predicted molar refractivity (Wildman–Crippen MR) is 94.8 cm³/mol. The monoisotopic (exact) mass is 345 g/mol. The van der Waals surface area contributed by atoms with Crippen LogP contribution in [0.1, 0.15) is 24.0 Å². The van der Waals surface area contributed by atoms with Gasteiger partial charge in [-0.2, -0.15) is 0 Å². The van der Waals surface area contributed by atoms with E-state index in [0.29, 0.717) is 4.90 Å². The van der Waals surface area contributed by atoms with Crippen molar-refractivity contribution in [3.05, 3.63) is 65.7 Å². The number of hydrogen-bond donors (Lipinski definition) is 1. The Labute approximate surface area is 143 Å². The van der Waals surface area contributed by atoms with E-state index in [9.17, 15) is 8.42 Å². The molecule has 2 N–H and O–H groups in total. The molecule has 0 bridgehead atoms. The van der Waals surface area contributed by atoms with E-state index in [2.05, 4.69) is 6.92 Å². The molecule has 0 aliphatic heterocycles. The molecule has 2 aromatic carbocycles. The van der Waals surface area contributed by atoms with Gasteiger partial charge >= 0.3 is 0 Å². The standard InChI is InChI=1S/C19H23NO3S/c1-3-14-9-11-15(12-10-14)17-18(19(17,20)13-23-2)24(21,22)16-7-5-4-6-8-16/h4-12,17-18H,3,13,20H2,1-2H3/t17-,18-,19-/m1/s1. The van der Waals surface area contributed by atoms with Gasteiger partial charge in [-0.15, -0.1) is 0 Å². The molecule has 0 amide bonds. The summed E-state index contributed by atoms with van der Waals surface area (Å²) in [5.41, 5.74) is 7.75. The van der Waals surface area contributed by atoms with Gasteiger partial charge in [0, 0.05) is 13.0 Å². The van der Waals surface area contributed by atoms with Crippen molar-refractivity contribution in [1.82, 2.24) is 0 Å². The summed E-state index contributed by atoms with van der Waals surface area (Å²) in [6, 6.07) is 16.6. The van der Waals surface area contributed by atoms with Crippen molar-refractivity contribution in [1.29, 1.82) is 0 Å². The van der Waals surface area contributed by atoms with Crippen molar-refractivity contribution in [2.75, 3.05) is 13.7 Å². The molecule has 2 aromatic rings. The second kappa shape index (κ2) is 6.31. The quantitative estimate of drug-likeness (QED) is 0.873. The van der Waals surface area contributed by atoms with E-state index in [0.717, 1.165) is 12.0 Å². The molecule has 0 radical (unpaired) electrons. The van der Waals surface area contributed by atoms with Crippen LogP contribution in [0, 0.1) is 0 Å². The minimum atomic E-state index is -3.51. The van der Waals surface area contributed by atoms with Crippen molar-refractivity contribution in [2.45, 2.75) is 34.9 Å². The third kappa shape index (κ3) is 2.77. The van der Waals surface area contributed by atoms with Crippen LogP contribution in [0.3, 0.4) is 0 Å². The lowest BCUT2D eigenvalue weighted by Gasteiger charge is -2.11. The van der Waals surface area contributed by atoms with E-state index < -0.39 is 20.6 Å². The maximum absolute atomic E-state index is 13.1. The summed E-state index contributed by atoms with van der Waals surface area (Å²) in [5.74, 6) is -0.256. The average molecular weight is 345 g/mol. The van der Waals surface area contributed by atoms with Crippen LogP contribution in [-0.4, -0.2) is 32.9 Å². The van der Waals surface area contributed by atoms with Crippen LogP contribution < -0.4 is 5.73 Å². The molecule has 0 aromatic heterocycles. The topological polar surface area (TPSA) is 69.4 Å². The first-order valence-corrected chi connectivity index (χ1v) is 9.65. The van der Waals surface area contributed by atoms with E-state index in [1.165, 1.54) is 5.56 Å². The summed E-state index contributed by atoms with van der Waals surface area (Å²) in [4.78, 5) is 0.314. The van der Waals surface area contributed by atoms with Crippen molar-refractivity contribution in [3.8, 4) is 0 Å². The molecule has 24 heavy (non-hydrogen) atoms. The molecule has 1 fully saturated rings. The smallest absolute Gasteiger partial charge is 0.183 e. The van der Waals surface area contributed by atoms with E-state index in [1.54, 1.807) is 37.4 Å². The predicted octanol–water partition coefficient (Wildman–Crippen LogP) is 2.53. The summed E-state index contributed by atoms with van der Waals surface area (Å²) in [6.07, 6.45) is 0.947. The second-order valence-corrected chi connectivity index (χ2v) is 8.47. The van der Waals surface area contributed by atoms with Gasteiger partial charge in [-0.25, -0.2) is 8.42 Å². The Bertz CT molecular complexity index is 802. The summed E-state index contributed by atoms with van der Waals surface area (Å²) >= 11 is 0. The Morgan fingerprint density at radius 3 is 2.25 bits per heavy atom. The molecule has 3 atom stereocenters. The lowest BCUT2D eigenvalue weighted by atomic mass is 10.0. The molecule has 4 nitrogen and oxygen atoms in total. The number of sulfone groups is 1. The highest BCUT2D eigenvalue weighted by Gasteiger charge is 2.69. The molecular weight excluding hydrogens is 322 g/mol. The van der Waals surface area contributed by atoms with Crippen molar-refractivity contribution >= 4 is 9.84 Å². The third-order valence-corrected chi connectivity index (χ3v) is 7.16. The van der Waals surface area contributed by atoms with Gasteiger partial charge in [0.25, 0.3) is 0 Å². The molecule has 1 aliphatic rings. The van der Waals surface area contributed by atoms with Crippen LogP contribution in [0.15, 0.2) is 59.5 Å². The summed E-state index contributed by atoms with van der Waals surface area (Å²) in [5, 5.41) is -0.667. The molecule has 0 spiro atoms. The highest BCUT2D eigenvalue weighted by atomic mass is 32.2. The number of nitrogens with two attached hydrogens (primary N) is 1. The van der Waals surface area contributed by atoms with Gasteiger partial charge in [-0.3, -0.25) is 0 Å². The van der Waals surface area contributed by atoms with Gasteiger partial charge in [0.15, 0.2) is 9.84 Å². The fourth-order valence-electron chi connectivity index (χ4n) is 3.52. The van der Waals surface area contributed by atoms with Crippen molar-refractivity contribution in [2.24, 2.45) is 5.73 Å². The normalized spacial score (nSPS) is 26.3. The molecule has 5 heteroatoms. The zero-order valence-electron chi connectivity index (χ0n) is 14.0. The molecular formula is C19H23NO3S. The van der Waals surface area contributed by atoms with Crippen molar-refractivity contribution < 1.29 is 13.2 Å². The van der Waals surface area contributed by atoms with Gasteiger partial charge in [0.1, 0.15) is 0 Å². The second-order valence-electron chi connectivity index (χ2n) is 6.40. The highest BCUT2D eigenvalue weighted by molar-refractivity contribution is 7.92. The summed E-state index contributed by atoms with van der Waals surface area (Å²) in [6.45, 7) is 2.30. The van der Waals surface area contributed by atoms with Crippen LogP contribution in [0.5, 0.6) is 0 Å². The molecule has 0 unspecified atom stereocenters. The van der Waals surface area contributed by atoms with E-state index in [1.807, 2.05) is 24.3 Å². The largest absolute Gasteiger partial charge is 0.383 e. The van der Waals surface area contributed by atoms with Gasteiger partial charge < -0.3 is 10.5 Å². The van der Waals surface area contributed by atoms with Gasteiger partial charge in [-0.05, 0) is 29.7 Å². The molecule has 128 valence electrons. The first kappa shape index (κ1) is 17.1. The Balaban J connectivity index is 1.99. The summed E-state index contributed by atoms with van der Waals surface area (Å²) < 4.78 is 31.3. The zero-order chi connectivity index (χ0) is 17.4. The molecule has 1 saturated carbocycles. The van der Waals surface area contributed by atoms with Crippen LogP contribution in [0.2, 0.25) is 0 Å². The van der Waals surface area contributed by atoms with E-state index in [-0.39, 0.29) is 12.5 Å². The third-order valence-electron chi connectivity index (χ3n) is 4.85. The Hall–Kier alpha value is -1.69. The maximum Gasteiger partial charge on any atom is 0.183 e. The molecule has 1 aliphatic carbocycles. The van der Waals surface area contributed by atoms with Gasteiger partial charge in [0.2, 0.25) is 0 Å². The minimum absolute atomic E-state index is 0.212. The minimum Gasteiger partial charge on any atom is -0.383 e. The summed E-state index contributed by atoms with van der Waals surface area (Å²) in [7, 11) is -1.96. The number of benzene rings is 2. The van der Waals surface area contributed by atoms with Gasteiger partial charge in [0.05, 0.1) is 22.3 Å². The number of hydrogen-bond acceptors (Lipinski definition) is 4. The van der Waals surface area contributed by atoms with Crippen LogP contribution >= 0.6 is 0 Å². The highest BCUT2D eigenvalue weighted by Crippen LogP contribution is 2.55. The SMILES string of the molecule is CCc1ccc([C@@H]2[C@@H](S(=O)(=O)c3ccccc3)[C@@]2(N)COC)cc1. The Kier molecular flexibility index (Phi) is 4.51. The number of ether oxygens (including phenoxy) is 1. The fraction of sp³-hybridized carbons (Fsp3) is 0.368. The van der Waals surface area contributed by atoms with Gasteiger partial charge in [-0.1, -0.05) is 49.4 Å². The zero-order valence-corrected chi connectivity index (χ0v) is 14.8. The average Bonchev–Trinajstić information content (AvgIpc) is 3.22. The molecule has 3 rings (SSSR count). The number of aryl methyl sites for hydroxylation is 1. The van der Waals surface area contributed by atoms with Crippen LogP contribution in [0.25, 0.3) is 0 Å².